The van der Waals surface area contributed by atoms with Gasteiger partial charge >= 0.3 is 11.9 Å². The maximum absolute atomic E-state index is 12.6. The first kappa shape index (κ1) is 33.3. The predicted molar refractivity (Wildman–Crippen MR) is 147 cm³/mol. The van der Waals surface area contributed by atoms with Crippen LogP contribution in [0.4, 0.5) is 0 Å². The molecule has 3 N–H and O–H groups in total. The molecule has 0 aliphatic carbocycles. The predicted octanol–water partition coefficient (Wildman–Crippen LogP) is 5.94. The van der Waals surface area contributed by atoms with E-state index in [0.717, 1.165) is 19.3 Å². The van der Waals surface area contributed by atoms with Gasteiger partial charge in [-0.15, -0.1) is 4.73 Å². The first-order valence-electron chi connectivity index (χ1n) is 14.4. The number of nitrogens with zero attached hydrogens (tertiary/aromatic N) is 1. The van der Waals surface area contributed by atoms with Gasteiger partial charge in [0, 0.05) is 18.6 Å². The van der Waals surface area contributed by atoms with Crippen molar-refractivity contribution in [3.8, 4) is 11.8 Å². The van der Waals surface area contributed by atoms with Crippen molar-refractivity contribution in [1.29, 1.82) is 0 Å². The Morgan fingerprint density at radius 2 is 1.29 bits per heavy atom. The van der Waals surface area contributed by atoms with Crippen molar-refractivity contribution in [1.82, 2.24) is 10.0 Å². The second kappa shape index (κ2) is 18.5. The summed E-state index contributed by atoms with van der Waals surface area (Å²) in [5.41, 5.74) is -0.752. The number of ether oxygens (including phenoxy) is 1. The van der Waals surface area contributed by atoms with Gasteiger partial charge in [0.05, 0.1) is 6.42 Å². The van der Waals surface area contributed by atoms with E-state index < -0.39 is 35.3 Å². The molecular formula is C29H50N2O7. The van der Waals surface area contributed by atoms with E-state index in [2.05, 4.69) is 12.2 Å². The van der Waals surface area contributed by atoms with Crippen molar-refractivity contribution in [3.05, 3.63) is 12.1 Å². The van der Waals surface area contributed by atoms with Crippen molar-refractivity contribution in [2.45, 2.75) is 142 Å². The topological polar surface area (TPSA) is 127 Å². The molecule has 0 fully saturated rings. The SMILES string of the molecule is CCCCCCCCCCCCCCCC(=O)N[C@H](CCC(=O)On1c(O)ccc1O)C(=O)OC(C)(C)C. The third kappa shape index (κ3) is 15.5. The highest BCUT2D eigenvalue weighted by Gasteiger charge is 2.27. The summed E-state index contributed by atoms with van der Waals surface area (Å²) in [6.45, 7) is 7.42. The van der Waals surface area contributed by atoms with Crippen molar-refractivity contribution in [3.63, 3.8) is 0 Å². The molecule has 1 atom stereocenters. The molecule has 1 aromatic rings. The average molecular weight is 539 g/mol. The van der Waals surface area contributed by atoms with Crippen LogP contribution in [0.25, 0.3) is 0 Å². The fourth-order valence-corrected chi connectivity index (χ4v) is 4.10. The van der Waals surface area contributed by atoms with Crippen molar-refractivity contribution in [2.24, 2.45) is 0 Å². The zero-order valence-electron chi connectivity index (χ0n) is 23.9. The molecule has 1 rings (SSSR count). The van der Waals surface area contributed by atoms with E-state index in [9.17, 15) is 24.6 Å². The number of unbranched alkanes of at least 4 members (excludes halogenated alkanes) is 12. The van der Waals surface area contributed by atoms with E-state index in [1.807, 2.05) is 0 Å². The van der Waals surface area contributed by atoms with Crippen LogP contribution in [0.1, 0.15) is 130 Å². The molecule has 38 heavy (non-hydrogen) atoms. The van der Waals surface area contributed by atoms with Crippen LogP contribution < -0.4 is 10.2 Å². The maximum Gasteiger partial charge on any atom is 0.333 e. The summed E-state index contributed by atoms with van der Waals surface area (Å²) in [6, 6.07) is 1.33. The first-order valence-corrected chi connectivity index (χ1v) is 14.4. The third-order valence-corrected chi connectivity index (χ3v) is 6.16. The van der Waals surface area contributed by atoms with E-state index in [4.69, 9.17) is 9.57 Å². The minimum atomic E-state index is -1.01. The van der Waals surface area contributed by atoms with Gasteiger partial charge in [-0.25, -0.2) is 9.59 Å². The van der Waals surface area contributed by atoms with Crippen LogP contribution in [0.2, 0.25) is 0 Å². The molecule has 0 saturated carbocycles. The highest BCUT2D eigenvalue weighted by Crippen LogP contribution is 2.19. The largest absolute Gasteiger partial charge is 0.492 e. The molecule has 0 radical (unpaired) electrons. The lowest BCUT2D eigenvalue weighted by Gasteiger charge is -2.24. The van der Waals surface area contributed by atoms with Gasteiger partial charge in [0.1, 0.15) is 11.6 Å². The monoisotopic (exact) mass is 538 g/mol. The zero-order chi connectivity index (χ0) is 28.4. The number of carbonyl (C=O) groups excluding carboxylic acids is 3. The van der Waals surface area contributed by atoms with E-state index >= 15 is 0 Å². The van der Waals surface area contributed by atoms with Crippen LogP contribution in [0.15, 0.2) is 12.1 Å². The molecule has 0 saturated heterocycles. The van der Waals surface area contributed by atoms with Gasteiger partial charge in [0.2, 0.25) is 17.7 Å². The van der Waals surface area contributed by atoms with Gasteiger partial charge in [-0.2, -0.15) is 0 Å². The summed E-state index contributed by atoms with van der Waals surface area (Å²) in [4.78, 5) is 42.3. The first-order chi connectivity index (χ1) is 18.0. The molecule has 0 aromatic carbocycles. The molecular weight excluding hydrogens is 488 g/mol. The molecule has 0 unspecified atom stereocenters. The highest BCUT2D eigenvalue weighted by atomic mass is 16.7. The van der Waals surface area contributed by atoms with Gasteiger partial charge in [-0.3, -0.25) is 4.79 Å². The summed E-state index contributed by atoms with van der Waals surface area (Å²) >= 11 is 0. The van der Waals surface area contributed by atoms with E-state index in [1.165, 1.54) is 76.3 Å². The van der Waals surface area contributed by atoms with E-state index in [0.29, 0.717) is 11.2 Å². The quantitative estimate of drug-likeness (QED) is 0.138. The van der Waals surface area contributed by atoms with Gasteiger partial charge in [-0.05, 0) is 33.6 Å². The lowest BCUT2D eigenvalue weighted by atomic mass is 10.0. The number of rotatable bonds is 20. The molecule has 1 heterocycles. The number of hydrogen-bond donors (Lipinski definition) is 3. The standard InChI is InChI=1S/C29H50N2O7/c1-5-6-7-8-9-10-11-12-13-14-15-16-17-18-24(32)30-23(28(36)37-29(2,3)4)19-22-27(35)38-31-25(33)20-21-26(31)34/h20-21,23,33-34H,5-19,22H2,1-4H3,(H,30,32)/t23-/m1/s1. The Bertz CT molecular complexity index is 810. The minimum absolute atomic E-state index is 0.0408. The minimum Gasteiger partial charge on any atom is -0.492 e. The number of amides is 1. The zero-order valence-corrected chi connectivity index (χ0v) is 23.9. The molecule has 1 amide bonds. The number of carbonyl (C=O) groups is 3. The molecule has 0 aliphatic heterocycles. The second-order valence-electron chi connectivity index (χ2n) is 11.0. The molecule has 9 nitrogen and oxygen atoms in total. The van der Waals surface area contributed by atoms with Gasteiger partial charge in [-0.1, -0.05) is 84.0 Å². The Balaban J connectivity index is 2.33. The van der Waals surface area contributed by atoms with Gasteiger partial charge in [0.15, 0.2) is 0 Å². The molecule has 0 spiro atoms. The maximum atomic E-state index is 12.6. The Morgan fingerprint density at radius 3 is 1.76 bits per heavy atom. The lowest BCUT2D eigenvalue weighted by molar-refractivity contribution is -0.159. The number of nitrogens with one attached hydrogen (secondary N) is 1. The highest BCUT2D eigenvalue weighted by molar-refractivity contribution is 5.85. The molecule has 0 aliphatic rings. The lowest BCUT2D eigenvalue weighted by Crippen LogP contribution is -2.44. The second-order valence-corrected chi connectivity index (χ2v) is 11.0. The normalized spacial score (nSPS) is 12.2. The summed E-state index contributed by atoms with van der Waals surface area (Å²) in [5, 5.41) is 21.9. The molecule has 9 heteroatoms. The van der Waals surface area contributed by atoms with E-state index in [-0.39, 0.29) is 18.7 Å². The van der Waals surface area contributed by atoms with Crippen LogP contribution in [-0.4, -0.2) is 44.4 Å². The number of hydrogen-bond acceptors (Lipinski definition) is 7. The van der Waals surface area contributed by atoms with Crippen LogP contribution in [0, 0.1) is 0 Å². The number of aromatic nitrogens is 1. The Morgan fingerprint density at radius 1 is 0.816 bits per heavy atom. The summed E-state index contributed by atoms with van der Waals surface area (Å²) in [6.07, 6.45) is 15.8. The fourth-order valence-electron chi connectivity index (χ4n) is 4.10. The molecule has 1 aromatic heterocycles. The van der Waals surface area contributed by atoms with Crippen molar-refractivity contribution < 1.29 is 34.2 Å². The summed E-state index contributed by atoms with van der Waals surface area (Å²) in [7, 11) is 0. The average Bonchev–Trinajstić information content (AvgIpc) is 3.15. The third-order valence-electron chi connectivity index (χ3n) is 6.16. The molecule has 218 valence electrons. The summed E-state index contributed by atoms with van der Waals surface area (Å²) in [5.74, 6) is -2.56. The smallest absolute Gasteiger partial charge is 0.333 e. The Labute approximate surface area is 228 Å². The summed E-state index contributed by atoms with van der Waals surface area (Å²) < 4.78 is 5.99. The van der Waals surface area contributed by atoms with Crippen LogP contribution in [0.5, 0.6) is 11.8 Å². The Kier molecular flexibility index (Phi) is 16.2. The fraction of sp³-hybridized carbons (Fsp3) is 0.759. The Hall–Kier alpha value is -2.71. The van der Waals surface area contributed by atoms with Crippen molar-refractivity contribution >= 4 is 17.8 Å². The number of aromatic hydroxyl groups is 2. The van der Waals surface area contributed by atoms with Crippen LogP contribution in [0.3, 0.4) is 0 Å². The van der Waals surface area contributed by atoms with E-state index in [1.54, 1.807) is 20.8 Å². The van der Waals surface area contributed by atoms with Crippen molar-refractivity contribution in [2.75, 3.05) is 0 Å². The number of esters is 1. The van der Waals surface area contributed by atoms with Crippen LogP contribution >= 0.6 is 0 Å². The van der Waals surface area contributed by atoms with Gasteiger partial charge < -0.3 is 25.1 Å². The van der Waals surface area contributed by atoms with Gasteiger partial charge in [0.25, 0.3) is 0 Å². The molecule has 0 bridgehead atoms. The van der Waals surface area contributed by atoms with Crippen LogP contribution in [-0.2, 0) is 19.1 Å².